The summed E-state index contributed by atoms with van der Waals surface area (Å²) in [7, 11) is -4.32. The van der Waals surface area contributed by atoms with Crippen LogP contribution in [0.1, 0.15) is 74.8 Å². The fourth-order valence-electron chi connectivity index (χ4n) is 3.64. The van der Waals surface area contributed by atoms with Gasteiger partial charge in [-0.05, 0) is 47.9 Å². The molecule has 0 unspecified atom stereocenters. The van der Waals surface area contributed by atoms with Gasteiger partial charge in [-0.2, -0.15) is 8.42 Å². The average molecular weight is 452 g/mol. The number of fused-ring (bicyclic) bond motifs is 1. The summed E-state index contributed by atoms with van der Waals surface area (Å²) < 4.78 is 46.8. The van der Waals surface area contributed by atoms with Crippen LogP contribution in [-0.2, 0) is 16.4 Å². The first kappa shape index (κ1) is 22.8. The lowest BCUT2D eigenvalue weighted by Gasteiger charge is -2.20. The summed E-state index contributed by atoms with van der Waals surface area (Å²) in [6, 6.07) is 2.92. The molecular weight excluding hydrogens is 425 g/mol. The van der Waals surface area contributed by atoms with Gasteiger partial charge >= 0.3 is 6.03 Å². The number of anilines is 1. The molecule has 2 amide bonds. The Bertz CT molecular complexity index is 1110. The Hall–Kier alpha value is -2.88. The third kappa shape index (κ3) is 4.73. The quantitative estimate of drug-likeness (QED) is 0.450. The van der Waals surface area contributed by atoms with Crippen molar-refractivity contribution in [1.29, 1.82) is 0 Å². The maximum absolute atomic E-state index is 14.1. The number of aryl methyl sites for hydroxylation is 1. The molecule has 0 saturated carbocycles. The number of carbonyl (C=O) groups excluding carboxylic acids is 1. The standard InChI is InChI=1S/C21H26FN3O5S/c1-11(2)14-8-13(22)9-15(12(3)4)20(14)23-21(26)25-31(28,29)19-10-16-17(24-27)6-5-7-18(16)30-19/h8-12,27H,5-7H2,1-4H3,(H2,23,25,26)/b24-17+. The predicted octanol–water partition coefficient (Wildman–Crippen LogP) is 4.69. The van der Waals surface area contributed by atoms with Gasteiger partial charge in [-0.25, -0.2) is 13.9 Å². The molecule has 1 aliphatic carbocycles. The van der Waals surface area contributed by atoms with Crippen molar-refractivity contribution in [2.75, 3.05) is 5.32 Å². The summed E-state index contributed by atoms with van der Waals surface area (Å²) in [4.78, 5) is 12.6. The Morgan fingerprint density at radius 2 is 1.74 bits per heavy atom. The van der Waals surface area contributed by atoms with E-state index in [2.05, 4.69) is 10.5 Å². The zero-order chi connectivity index (χ0) is 22.9. The van der Waals surface area contributed by atoms with Crippen LogP contribution in [0.2, 0.25) is 0 Å². The molecule has 31 heavy (non-hydrogen) atoms. The van der Waals surface area contributed by atoms with Crippen molar-refractivity contribution in [2.45, 2.75) is 63.9 Å². The SMILES string of the molecule is CC(C)c1cc(F)cc(C(C)C)c1NC(=O)NS(=O)(=O)c1cc2c(o1)CCC/C2=N\O. The molecule has 8 nitrogen and oxygen atoms in total. The van der Waals surface area contributed by atoms with Crippen LogP contribution in [0.25, 0.3) is 0 Å². The van der Waals surface area contributed by atoms with E-state index >= 15 is 0 Å². The summed E-state index contributed by atoms with van der Waals surface area (Å²) in [5.41, 5.74) is 2.26. The number of urea groups is 1. The molecule has 0 fully saturated rings. The van der Waals surface area contributed by atoms with E-state index in [1.165, 1.54) is 18.2 Å². The Morgan fingerprint density at radius 3 is 2.29 bits per heavy atom. The third-order valence-corrected chi connectivity index (χ3v) is 6.36. The summed E-state index contributed by atoms with van der Waals surface area (Å²) in [5, 5.41) is 14.4. The molecule has 1 aromatic heterocycles. The smallest absolute Gasteiger partial charge is 0.333 e. The molecule has 0 bridgehead atoms. The second-order valence-corrected chi connectivity index (χ2v) is 9.74. The largest absolute Gasteiger partial charge is 0.447 e. The van der Waals surface area contributed by atoms with E-state index in [1.807, 2.05) is 32.4 Å². The molecule has 0 atom stereocenters. The van der Waals surface area contributed by atoms with Crippen LogP contribution in [0.4, 0.5) is 14.9 Å². The summed E-state index contributed by atoms with van der Waals surface area (Å²) in [5.74, 6) is -0.239. The maximum Gasteiger partial charge on any atom is 0.333 e. The van der Waals surface area contributed by atoms with E-state index in [0.717, 1.165) is 0 Å². The first-order valence-corrected chi connectivity index (χ1v) is 11.5. The molecule has 10 heteroatoms. The Kier molecular flexibility index (Phi) is 6.40. The molecule has 1 heterocycles. The number of hydrogen-bond donors (Lipinski definition) is 3. The number of amides is 2. The second-order valence-electron chi connectivity index (χ2n) is 8.13. The highest BCUT2D eigenvalue weighted by atomic mass is 32.2. The van der Waals surface area contributed by atoms with Crippen molar-refractivity contribution in [3.05, 3.63) is 46.5 Å². The summed E-state index contributed by atoms with van der Waals surface area (Å²) in [6.45, 7) is 7.41. The van der Waals surface area contributed by atoms with Gasteiger partial charge in [0.2, 0.25) is 5.09 Å². The molecule has 0 saturated heterocycles. The first-order valence-electron chi connectivity index (χ1n) is 10.0. The minimum absolute atomic E-state index is 0.104. The highest BCUT2D eigenvalue weighted by Crippen LogP contribution is 2.34. The van der Waals surface area contributed by atoms with E-state index < -0.39 is 27.0 Å². The molecule has 1 aliphatic rings. The van der Waals surface area contributed by atoms with Crippen molar-refractivity contribution in [2.24, 2.45) is 5.16 Å². The fraction of sp³-hybridized carbons (Fsp3) is 0.429. The number of nitrogens with one attached hydrogen (secondary N) is 2. The Labute approximate surface area is 180 Å². The molecule has 1 aromatic carbocycles. The summed E-state index contributed by atoms with van der Waals surface area (Å²) in [6.07, 6.45) is 1.66. The minimum Gasteiger partial charge on any atom is -0.447 e. The van der Waals surface area contributed by atoms with Gasteiger partial charge < -0.3 is 14.9 Å². The third-order valence-electron chi connectivity index (χ3n) is 5.17. The van der Waals surface area contributed by atoms with Crippen LogP contribution in [0.5, 0.6) is 0 Å². The van der Waals surface area contributed by atoms with Crippen LogP contribution in [0.15, 0.2) is 32.9 Å². The second kappa shape index (κ2) is 8.70. The highest BCUT2D eigenvalue weighted by Gasteiger charge is 2.29. The van der Waals surface area contributed by atoms with Crippen LogP contribution < -0.4 is 10.0 Å². The van der Waals surface area contributed by atoms with Crippen LogP contribution >= 0.6 is 0 Å². The van der Waals surface area contributed by atoms with Crippen LogP contribution in [0.3, 0.4) is 0 Å². The Balaban J connectivity index is 1.89. The molecule has 0 aliphatic heterocycles. The molecular formula is C21H26FN3O5S. The zero-order valence-electron chi connectivity index (χ0n) is 17.8. The van der Waals surface area contributed by atoms with E-state index in [1.54, 1.807) is 0 Å². The summed E-state index contributed by atoms with van der Waals surface area (Å²) >= 11 is 0. The number of hydrogen-bond acceptors (Lipinski definition) is 6. The number of oxime groups is 1. The number of carbonyl (C=O) groups is 1. The maximum atomic E-state index is 14.1. The average Bonchev–Trinajstić information content (AvgIpc) is 3.13. The topological polar surface area (TPSA) is 121 Å². The lowest BCUT2D eigenvalue weighted by atomic mass is 9.92. The van der Waals surface area contributed by atoms with Crippen molar-refractivity contribution in [3.8, 4) is 0 Å². The van der Waals surface area contributed by atoms with E-state index in [4.69, 9.17) is 9.62 Å². The number of halogens is 1. The monoisotopic (exact) mass is 451 g/mol. The van der Waals surface area contributed by atoms with Crippen LogP contribution in [0, 0.1) is 5.82 Å². The number of furan rings is 1. The number of benzene rings is 1. The van der Waals surface area contributed by atoms with Crippen molar-refractivity contribution in [3.63, 3.8) is 0 Å². The van der Waals surface area contributed by atoms with Gasteiger partial charge in [0.15, 0.2) is 0 Å². The number of rotatable bonds is 5. The molecule has 0 spiro atoms. The van der Waals surface area contributed by atoms with Crippen molar-refractivity contribution < 1.29 is 27.2 Å². The zero-order valence-corrected chi connectivity index (χ0v) is 18.6. The van der Waals surface area contributed by atoms with E-state index in [-0.39, 0.29) is 11.8 Å². The molecule has 2 aromatic rings. The van der Waals surface area contributed by atoms with Gasteiger partial charge in [-0.3, -0.25) is 0 Å². The van der Waals surface area contributed by atoms with Gasteiger partial charge in [0, 0.05) is 23.7 Å². The van der Waals surface area contributed by atoms with Crippen molar-refractivity contribution >= 4 is 27.5 Å². The molecule has 3 N–H and O–H groups in total. The first-order chi connectivity index (χ1) is 14.5. The van der Waals surface area contributed by atoms with Gasteiger partial charge in [0.1, 0.15) is 11.6 Å². The number of sulfonamides is 1. The molecule has 168 valence electrons. The normalized spacial score (nSPS) is 15.4. The lowest BCUT2D eigenvalue weighted by Crippen LogP contribution is -2.35. The van der Waals surface area contributed by atoms with Gasteiger partial charge in [-0.1, -0.05) is 32.9 Å². The Morgan fingerprint density at radius 1 is 1.13 bits per heavy atom. The van der Waals surface area contributed by atoms with Gasteiger partial charge in [0.25, 0.3) is 10.0 Å². The highest BCUT2D eigenvalue weighted by molar-refractivity contribution is 7.89. The van der Waals surface area contributed by atoms with E-state index in [0.29, 0.717) is 53.1 Å². The van der Waals surface area contributed by atoms with E-state index in [9.17, 15) is 17.6 Å². The molecule has 3 rings (SSSR count). The minimum atomic E-state index is -4.32. The molecule has 0 radical (unpaired) electrons. The predicted molar refractivity (Wildman–Crippen MR) is 114 cm³/mol. The number of nitrogens with zero attached hydrogens (tertiary/aromatic N) is 1. The van der Waals surface area contributed by atoms with Crippen LogP contribution in [-0.4, -0.2) is 25.4 Å². The van der Waals surface area contributed by atoms with Gasteiger partial charge in [0.05, 0.1) is 5.71 Å². The lowest BCUT2D eigenvalue weighted by molar-refractivity contribution is 0.256. The van der Waals surface area contributed by atoms with Crippen molar-refractivity contribution in [1.82, 2.24) is 4.72 Å². The fourth-order valence-corrected chi connectivity index (χ4v) is 4.52. The van der Waals surface area contributed by atoms with Gasteiger partial charge in [-0.15, -0.1) is 0 Å².